The van der Waals surface area contributed by atoms with E-state index in [4.69, 9.17) is 5.11 Å². The number of hydrogen-bond donors (Lipinski definition) is 1. The second-order valence-corrected chi connectivity index (χ2v) is 8.39. The number of rotatable bonds is 5. The van der Waals surface area contributed by atoms with Gasteiger partial charge in [-0.05, 0) is 42.8 Å². The van der Waals surface area contributed by atoms with E-state index in [1.54, 1.807) is 0 Å². The van der Waals surface area contributed by atoms with Gasteiger partial charge in [0.25, 0.3) is 11.7 Å². The zero-order valence-electron chi connectivity index (χ0n) is 14.0. The van der Waals surface area contributed by atoms with Gasteiger partial charge in [-0.1, -0.05) is 0 Å². The Hall–Kier alpha value is -2.07. The molecular weight excluding hydrogens is 403 g/mol. The molecule has 0 saturated heterocycles. The molecule has 144 valence electrons. The van der Waals surface area contributed by atoms with Gasteiger partial charge < -0.3 is 10.0 Å². The molecule has 1 aliphatic heterocycles. The first-order valence-electron chi connectivity index (χ1n) is 7.93. The van der Waals surface area contributed by atoms with E-state index in [9.17, 15) is 27.6 Å². The highest BCUT2D eigenvalue weighted by atomic mass is 32.2. The Morgan fingerprint density at radius 3 is 2.74 bits per heavy atom. The van der Waals surface area contributed by atoms with Crippen LogP contribution in [0.25, 0.3) is 0 Å². The third-order valence-corrected chi connectivity index (χ3v) is 6.39. The Morgan fingerprint density at radius 2 is 2.11 bits per heavy atom. The summed E-state index contributed by atoms with van der Waals surface area (Å²) in [6.07, 6.45) is -0.425. The van der Waals surface area contributed by atoms with Crippen molar-refractivity contribution in [1.82, 2.24) is 4.90 Å². The van der Waals surface area contributed by atoms with E-state index in [1.165, 1.54) is 24.0 Å². The zero-order valence-corrected chi connectivity index (χ0v) is 15.6. The minimum atomic E-state index is -2.62. The Labute approximate surface area is 160 Å². The molecule has 1 unspecified atom stereocenters. The van der Waals surface area contributed by atoms with Gasteiger partial charge in [0.1, 0.15) is 0 Å². The van der Waals surface area contributed by atoms with Crippen LogP contribution in [0.4, 0.5) is 13.2 Å². The van der Waals surface area contributed by atoms with Crippen LogP contribution in [0.1, 0.15) is 35.9 Å². The summed E-state index contributed by atoms with van der Waals surface area (Å²) in [7, 11) is 0. The molecule has 0 radical (unpaired) electrons. The minimum absolute atomic E-state index is 0.0433. The second-order valence-electron chi connectivity index (χ2n) is 6.01. The lowest BCUT2D eigenvalue weighted by Gasteiger charge is -2.29. The van der Waals surface area contributed by atoms with Gasteiger partial charge in [0.15, 0.2) is 11.6 Å². The van der Waals surface area contributed by atoms with Crippen LogP contribution in [-0.2, 0) is 9.59 Å². The zero-order chi connectivity index (χ0) is 19.9. The third kappa shape index (κ3) is 3.68. The van der Waals surface area contributed by atoms with Crippen LogP contribution in [0.5, 0.6) is 0 Å². The summed E-state index contributed by atoms with van der Waals surface area (Å²) in [5.41, 5.74) is 0.340. The number of allylic oxidation sites excluding steroid dienone is 2. The summed E-state index contributed by atoms with van der Waals surface area (Å²) >= 11 is 1.21. The first-order chi connectivity index (χ1) is 12.7. The topological polar surface area (TPSA) is 74.7 Å². The molecule has 1 aliphatic carbocycles. The van der Waals surface area contributed by atoms with E-state index in [-0.39, 0.29) is 38.8 Å². The van der Waals surface area contributed by atoms with Crippen molar-refractivity contribution in [3.8, 4) is 0 Å². The van der Waals surface area contributed by atoms with Crippen molar-refractivity contribution in [2.45, 2.75) is 42.2 Å². The summed E-state index contributed by atoms with van der Waals surface area (Å²) in [5, 5.41) is 9.12. The van der Waals surface area contributed by atoms with E-state index >= 15 is 0 Å². The maximum absolute atomic E-state index is 14.5. The van der Waals surface area contributed by atoms with E-state index in [0.29, 0.717) is 11.8 Å². The fraction of sp³-hybridized carbons (Fsp3) is 0.353. The Balaban J connectivity index is 2.00. The number of carboxylic acids is 1. The van der Waals surface area contributed by atoms with Crippen LogP contribution in [-0.4, -0.2) is 39.5 Å². The quantitative estimate of drug-likeness (QED) is 0.726. The number of halogens is 3. The molecule has 27 heavy (non-hydrogen) atoms. The fourth-order valence-corrected chi connectivity index (χ4v) is 5.03. The number of carbonyl (C=O) groups is 3. The molecule has 0 saturated carbocycles. The van der Waals surface area contributed by atoms with Gasteiger partial charge in [-0.2, -0.15) is 8.78 Å². The summed E-state index contributed by atoms with van der Waals surface area (Å²) in [4.78, 5) is 37.4. The molecule has 0 fully saturated rings. The number of fused-ring (bicyclic) bond motifs is 1. The SMILES string of the molecule is CC1=C(CC(=O)O)C2=C(F)C(=O)CCC2N1C(=O)c1ccc(SC(F)F)s1. The van der Waals surface area contributed by atoms with Gasteiger partial charge in [0, 0.05) is 17.7 Å². The number of ketones is 1. The summed E-state index contributed by atoms with van der Waals surface area (Å²) in [6, 6.07) is 2.05. The molecule has 1 aromatic heterocycles. The van der Waals surface area contributed by atoms with Gasteiger partial charge >= 0.3 is 5.97 Å². The third-order valence-electron chi connectivity index (χ3n) is 4.44. The van der Waals surface area contributed by atoms with Gasteiger partial charge in [0.05, 0.1) is 21.5 Å². The normalized spacial score (nSPS) is 20.0. The van der Waals surface area contributed by atoms with Crippen LogP contribution in [0.15, 0.2) is 39.0 Å². The molecule has 5 nitrogen and oxygen atoms in total. The number of nitrogens with zero attached hydrogens (tertiary/aromatic N) is 1. The van der Waals surface area contributed by atoms with Crippen LogP contribution in [0.2, 0.25) is 0 Å². The molecule has 10 heteroatoms. The number of amides is 1. The number of aliphatic carboxylic acids is 1. The monoisotopic (exact) mass is 417 g/mol. The molecule has 1 aromatic rings. The average molecular weight is 417 g/mol. The van der Waals surface area contributed by atoms with Crippen molar-refractivity contribution in [3.63, 3.8) is 0 Å². The van der Waals surface area contributed by atoms with Crippen LogP contribution < -0.4 is 0 Å². The minimum Gasteiger partial charge on any atom is -0.481 e. The number of thioether (sulfide) groups is 1. The lowest BCUT2D eigenvalue weighted by Crippen LogP contribution is -2.38. The van der Waals surface area contributed by atoms with Gasteiger partial charge in [-0.25, -0.2) is 4.39 Å². The average Bonchev–Trinajstić information content (AvgIpc) is 3.13. The predicted molar refractivity (Wildman–Crippen MR) is 93.5 cm³/mol. The summed E-state index contributed by atoms with van der Waals surface area (Å²) < 4.78 is 39.7. The number of hydrogen-bond acceptors (Lipinski definition) is 5. The first kappa shape index (κ1) is 19.7. The first-order valence-corrected chi connectivity index (χ1v) is 9.63. The molecule has 0 bridgehead atoms. The van der Waals surface area contributed by atoms with Gasteiger partial charge in [-0.15, -0.1) is 11.3 Å². The van der Waals surface area contributed by atoms with Crippen LogP contribution in [0.3, 0.4) is 0 Å². The number of alkyl halides is 2. The predicted octanol–water partition coefficient (Wildman–Crippen LogP) is 4.22. The number of Topliss-reactive ketones (excluding diaryl/α,β-unsaturated/α-hetero) is 1. The van der Waals surface area contributed by atoms with Crippen molar-refractivity contribution in [2.24, 2.45) is 0 Å². The molecule has 2 aliphatic rings. The highest BCUT2D eigenvalue weighted by molar-refractivity contribution is 8.01. The summed E-state index contributed by atoms with van der Waals surface area (Å²) in [6.45, 7) is 1.50. The van der Waals surface area contributed by atoms with Crippen molar-refractivity contribution < 1.29 is 32.7 Å². The molecule has 1 amide bonds. The molecule has 1 atom stereocenters. The second kappa shape index (κ2) is 7.51. The van der Waals surface area contributed by atoms with Crippen molar-refractivity contribution in [3.05, 3.63) is 39.7 Å². The number of carbonyl (C=O) groups excluding carboxylic acids is 2. The van der Waals surface area contributed by atoms with Gasteiger partial charge in [0.2, 0.25) is 0 Å². The fourth-order valence-electron chi connectivity index (χ4n) is 3.36. The molecule has 0 aromatic carbocycles. The van der Waals surface area contributed by atoms with E-state index in [0.717, 1.165) is 11.3 Å². The molecular formula is C17H14F3NO4S2. The standard InChI is InChI=1S/C17H14F3NO4S2/c1-7-8(6-12(23)24)14-9(2-3-10(22)15(14)18)21(7)16(25)11-4-5-13(26-11)27-17(19)20/h4-5,9,17H,2-3,6H2,1H3,(H,23,24). The molecule has 3 rings (SSSR count). The summed E-state index contributed by atoms with van der Waals surface area (Å²) in [5.74, 6) is -6.06. The lowest BCUT2D eigenvalue weighted by molar-refractivity contribution is -0.136. The molecule has 2 heterocycles. The maximum Gasteiger partial charge on any atom is 0.307 e. The Bertz CT molecular complexity index is 890. The number of carboxylic acid groups (broad SMARTS) is 1. The number of thiophene rings is 1. The Kier molecular flexibility index (Phi) is 5.48. The van der Waals surface area contributed by atoms with E-state index < -0.39 is 41.7 Å². The lowest BCUT2D eigenvalue weighted by atomic mass is 9.88. The highest BCUT2D eigenvalue weighted by Crippen LogP contribution is 2.44. The largest absolute Gasteiger partial charge is 0.481 e. The molecule has 1 N–H and O–H groups in total. The van der Waals surface area contributed by atoms with Crippen molar-refractivity contribution >= 4 is 40.8 Å². The van der Waals surface area contributed by atoms with Crippen LogP contribution in [0, 0.1) is 0 Å². The van der Waals surface area contributed by atoms with E-state index in [1.807, 2.05) is 0 Å². The van der Waals surface area contributed by atoms with E-state index in [2.05, 4.69) is 0 Å². The smallest absolute Gasteiger partial charge is 0.307 e. The maximum atomic E-state index is 14.5. The Morgan fingerprint density at radius 1 is 1.41 bits per heavy atom. The molecule has 0 spiro atoms. The highest BCUT2D eigenvalue weighted by Gasteiger charge is 2.44. The van der Waals surface area contributed by atoms with Gasteiger partial charge in [-0.3, -0.25) is 14.4 Å². The van der Waals surface area contributed by atoms with Crippen molar-refractivity contribution in [2.75, 3.05) is 0 Å². The van der Waals surface area contributed by atoms with Crippen LogP contribution >= 0.6 is 23.1 Å². The van der Waals surface area contributed by atoms with Crippen molar-refractivity contribution in [1.29, 1.82) is 0 Å².